The minimum Gasteiger partial charge on any atom is -0.479 e. The zero-order valence-corrected chi connectivity index (χ0v) is 10.6. The molecule has 0 radical (unpaired) electrons. The Morgan fingerprint density at radius 3 is 2.83 bits per heavy atom. The van der Waals surface area contributed by atoms with Crippen molar-refractivity contribution in [3.63, 3.8) is 0 Å². The fraction of sp³-hybridized carbons (Fsp3) is 0.462. The third kappa shape index (κ3) is 1.62. The van der Waals surface area contributed by atoms with Crippen LogP contribution in [0.5, 0.6) is 5.75 Å². The average molecular weight is 247 g/mol. The number of benzene rings is 1. The number of nitrogens with one attached hydrogen (secondary N) is 2. The minimum absolute atomic E-state index is 0.0438. The summed E-state index contributed by atoms with van der Waals surface area (Å²) in [5.74, 6) is 0.829. The molecule has 3 rings (SSSR count). The number of carbonyl (C=O) groups excluding carboxylic acids is 1. The Morgan fingerprint density at radius 1 is 1.44 bits per heavy atom. The van der Waals surface area contributed by atoms with E-state index in [2.05, 4.69) is 10.6 Å². The van der Waals surface area contributed by atoms with Crippen LogP contribution in [0.1, 0.15) is 6.92 Å². The van der Waals surface area contributed by atoms with E-state index in [-0.39, 0.29) is 11.9 Å². The van der Waals surface area contributed by atoms with Gasteiger partial charge in [0.25, 0.3) is 5.91 Å². The zero-order valence-electron chi connectivity index (χ0n) is 10.6. The second-order valence-corrected chi connectivity index (χ2v) is 4.71. The maximum atomic E-state index is 12.3. The van der Waals surface area contributed by atoms with Crippen molar-refractivity contribution in [3.05, 3.63) is 18.2 Å². The minimum atomic E-state index is -0.404. The summed E-state index contributed by atoms with van der Waals surface area (Å²) < 4.78 is 5.65. The predicted molar refractivity (Wildman–Crippen MR) is 70.2 cm³/mol. The SMILES string of the molecule is CNc1ccc2c(c1)N(C1CNC1)C(=O)C(C)O2. The molecule has 0 spiro atoms. The van der Waals surface area contributed by atoms with Crippen LogP contribution in [0.2, 0.25) is 0 Å². The lowest BCUT2D eigenvalue weighted by molar-refractivity contribution is -0.126. The van der Waals surface area contributed by atoms with Crippen molar-refractivity contribution in [2.45, 2.75) is 19.1 Å². The number of fused-ring (bicyclic) bond motifs is 1. The zero-order chi connectivity index (χ0) is 12.7. The van der Waals surface area contributed by atoms with Gasteiger partial charge >= 0.3 is 0 Å². The van der Waals surface area contributed by atoms with E-state index in [9.17, 15) is 4.79 Å². The molecule has 1 unspecified atom stereocenters. The van der Waals surface area contributed by atoms with Crippen molar-refractivity contribution in [1.82, 2.24) is 5.32 Å². The van der Waals surface area contributed by atoms with Crippen molar-refractivity contribution < 1.29 is 9.53 Å². The van der Waals surface area contributed by atoms with Crippen LogP contribution < -0.4 is 20.3 Å². The van der Waals surface area contributed by atoms with Crippen LogP contribution in [-0.4, -0.2) is 38.2 Å². The first kappa shape index (κ1) is 11.3. The topological polar surface area (TPSA) is 53.6 Å². The second kappa shape index (κ2) is 4.17. The molecule has 1 aromatic carbocycles. The van der Waals surface area contributed by atoms with Gasteiger partial charge in [0, 0.05) is 25.8 Å². The van der Waals surface area contributed by atoms with Crippen molar-refractivity contribution in [1.29, 1.82) is 0 Å². The van der Waals surface area contributed by atoms with Crippen LogP contribution in [0.25, 0.3) is 0 Å². The lowest BCUT2D eigenvalue weighted by Crippen LogP contribution is -2.62. The summed E-state index contributed by atoms with van der Waals surface area (Å²) in [6.07, 6.45) is -0.404. The predicted octanol–water partition coefficient (Wildman–Crippen LogP) is 0.814. The van der Waals surface area contributed by atoms with E-state index in [1.165, 1.54) is 0 Å². The van der Waals surface area contributed by atoms with E-state index in [0.717, 1.165) is 30.2 Å². The molecule has 5 nitrogen and oxygen atoms in total. The van der Waals surface area contributed by atoms with Crippen LogP contribution >= 0.6 is 0 Å². The highest BCUT2D eigenvalue weighted by Crippen LogP contribution is 2.37. The Hall–Kier alpha value is -1.75. The van der Waals surface area contributed by atoms with E-state index < -0.39 is 6.10 Å². The van der Waals surface area contributed by atoms with Gasteiger partial charge in [0.15, 0.2) is 6.10 Å². The number of ether oxygens (including phenoxy) is 1. The number of nitrogens with zero attached hydrogens (tertiary/aromatic N) is 1. The molecule has 1 aromatic rings. The fourth-order valence-electron chi connectivity index (χ4n) is 2.35. The Bertz CT molecular complexity index is 485. The second-order valence-electron chi connectivity index (χ2n) is 4.71. The number of hydrogen-bond donors (Lipinski definition) is 2. The fourth-order valence-corrected chi connectivity index (χ4v) is 2.35. The van der Waals surface area contributed by atoms with E-state index >= 15 is 0 Å². The molecule has 2 aliphatic heterocycles. The van der Waals surface area contributed by atoms with Gasteiger partial charge in [-0.1, -0.05) is 0 Å². The van der Waals surface area contributed by atoms with Gasteiger partial charge in [0.2, 0.25) is 0 Å². The third-order valence-electron chi connectivity index (χ3n) is 3.52. The molecule has 18 heavy (non-hydrogen) atoms. The number of carbonyl (C=O) groups is 1. The molecule has 1 amide bonds. The van der Waals surface area contributed by atoms with Crippen LogP contribution in [0.4, 0.5) is 11.4 Å². The summed E-state index contributed by atoms with van der Waals surface area (Å²) in [5, 5.41) is 6.29. The first-order chi connectivity index (χ1) is 8.70. The molecule has 96 valence electrons. The quantitative estimate of drug-likeness (QED) is 0.812. The highest BCUT2D eigenvalue weighted by atomic mass is 16.5. The molecule has 0 bridgehead atoms. The molecule has 5 heteroatoms. The van der Waals surface area contributed by atoms with Gasteiger partial charge in [0.1, 0.15) is 5.75 Å². The highest BCUT2D eigenvalue weighted by molar-refractivity contribution is 6.01. The summed E-state index contributed by atoms with van der Waals surface area (Å²) in [6, 6.07) is 6.09. The molecular weight excluding hydrogens is 230 g/mol. The molecule has 0 saturated carbocycles. The number of rotatable bonds is 2. The van der Waals surface area contributed by atoms with Gasteiger partial charge in [-0.25, -0.2) is 0 Å². The summed E-state index contributed by atoms with van der Waals surface area (Å²) in [6.45, 7) is 3.50. The summed E-state index contributed by atoms with van der Waals surface area (Å²) in [4.78, 5) is 14.2. The number of hydrogen-bond acceptors (Lipinski definition) is 4. The highest BCUT2D eigenvalue weighted by Gasteiger charge is 2.38. The molecular formula is C13H17N3O2. The summed E-state index contributed by atoms with van der Waals surface area (Å²) in [7, 11) is 1.87. The number of anilines is 2. The third-order valence-corrected chi connectivity index (χ3v) is 3.52. The summed E-state index contributed by atoms with van der Waals surface area (Å²) in [5.41, 5.74) is 1.86. The Morgan fingerprint density at radius 2 is 2.22 bits per heavy atom. The largest absolute Gasteiger partial charge is 0.479 e. The van der Waals surface area contributed by atoms with Gasteiger partial charge in [-0.3, -0.25) is 4.79 Å². The summed E-state index contributed by atoms with van der Waals surface area (Å²) >= 11 is 0. The maximum absolute atomic E-state index is 12.3. The van der Waals surface area contributed by atoms with E-state index in [4.69, 9.17) is 4.74 Å². The monoisotopic (exact) mass is 247 g/mol. The Labute approximate surface area is 106 Å². The van der Waals surface area contributed by atoms with Crippen LogP contribution in [0, 0.1) is 0 Å². The number of amides is 1. The molecule has 0 aliphatic carbocycles. The van der Waals surface area contributed by atoms with Crippen molar-refractivity contribution in [2.24, 2.45) is 0 Å². The van der Waals surface area contributed by atoms with E-state index in [0.29, 0.717) is 0 Å². The maximum Gasteiger partial charge on any atom is 0.268 e. The normalized spacial score (nSPS) is 23.1. The molecule has 1 fully saturated rings. The molecule has 1 saturated heterocycles. The average Bonchev–Trinajstić information content (AvgIpc) is 2.32. The molecule has 0 aromatic heterocycles. The van der Waals surface area contributed by atoms with Gasteiger partial charge in [0.05, 0.1) is 11.7 Å². The van der Waals surface area contributed by atoms with Gasteiger partial charge in [-0.15, -0.1) is 0 Å². The standard InChI is InChI=1S/C13H17N3O2/c1-8-13(17)16(10-6-15-7-10)11-5-9(14-2)3-4-12(11)18-8/h3-5,8,10,14-15H,6-7H2,1-2H3. The smallest absolute Gasteiger partial charge is 0.268 e. The lowest BCUT2D eigenvalue weighted by atomic mass is 10.1. The Balaban J connectivity index is 2.04. The van der Waals surface area contributed by atoms with Crippen molar-refractivity contribution in [2.75, 3.05) is 30.4 Å². The Kier molecular flexibility index (Phi) is 2.63. The molecule has 1 atom stereocenters. The molecule has 2 heterocycles. The first-order valence-corrected chi connectivity index (χ1v) is 6.23. The lowest BCUT2D eigenvalue weighted by Gasteiger charge is -2.42. The van der Waals surface area contributed by atoms with Crippen molar-refractivity contribution >= 4 is 17.3 Å². The first-order valence-electron chi connectivity index (χ1n) is 6.23. The van der Waals surface area contributed by atoms with Crippen molar-refractivity contribution in [3.8, 4) is 5.75 Å². The van der Waals surface area contributed by atoms with Gasteiger partial charge in [-0.05, 0) is 25.1 Å². The van der Waals surface area contributed by atoms with Crippen LogP contribution in [0.15, 0.2) is 18.2 Å². The van der Waals surface area contributed by atoms with E-state index in [1.54, 1.807) is 6.92 Å². The van der Waals surface area contributed by atoms with E-state index in [1.807, 2.05) is 30.1 Å². The van der Waals surface area contributed by atoms with Gasteiger partial charge < -0.3 is 20.3 Å². The van der Waals surface area contributed by atoms with Crippen LogP contribution in [-0.2, 0) is 4.79 Å². The van der Waals surface area contributed by atoms with Crippen LogP contribution in [0.3, 0.4) is 0 Å². The van der Waals surface area contributed by atoms with Gasteiger partial charge in [-0.2, -0.15) is 0 Å². The molecule has 2 N–H and O–H groups in total. The molecule has 2 aliphatic rings.